The second kappa shape index (κ2) is 6.01. The first kappa shape index (κ1) is 13.1. The van der Waals surface area contributed by atoms with Crippen molar-refractivity contribution in [3.05, 3.63) is 35.9 Å². The van der Waals surface area contributed by atoms with Crippen LogP contribution in [-0.4, -0.2) is 18.1 Å². The number of carbonyl (C=O) groups is 1. The van der Waals surface area contributed by atoms with E-state index in [4.69, 9.17) is 4.74 Å². The van der Waals surface area contributed by atoms with E-state index in [1.54, 1.807) is 0 Å². The molecule has 1 aromatic rings. The summed E-state index contributed by atoms with van der Waals surface area (Å²) in [5.41, 5.74) is 1.11. The minimum atomic E-state index is -0.265. The highest BCUT2D eigenvalue weighted by Crippen LogP contribution is 2.21. The number of rotatable bonds is 6. The van der Waals surface area contributed by atoms with Crippen LogP contribution in [0.2, 0.25) is 0 Å². The van der Waals surface area contributed by atoms with Crippen molar-refractivity contribution >= 4 is 5.91 Å². The zero-order valence-corrected chi connectivity index (χ0v) is 11.1. The monoisotopic (exact) mass is 247 g/mol. The summed E-state index contributed by atoms with van der Waals surface area (Å²) in [6.45, 7) is 4.89. The molecule has 1 aliphatic rings. The Hall–Kier alpha value is -1.35. The Morgan fingerprint density at radius 2 is 2.06 bits per heavy atom. The number of amides is 1. The van der Waals surface area contributed by atoms with E-state index in [9.17, 15) is 4.79 Å². The molecule has 3 nitrogen and oxygen atoms in total. The SMILES string of the molecule is CCC(C)C[C@@H]1NC(=O)[C@@H]1OCc1ccccc1. The molecular weight excluding hydrogens is 226 g/mol. The fourth-order valence-electron chi connectivity index (χ4n) is 2.16. The van der Waals surface area contributed by atoms with Gasteiger partial charge in [-0.2, -0.15) is 0 Å². The van der Waals surface area contributed by atoms with Crippen molar-refractivity contribution in [1.29, 1.82) is 0 Å². The maximum Gasteiger partial charge on any atom is 0.251 e. The number of ether oxygens (including phenoxy) is 1. The predicted octanol–water partition coefficient (Wildman–Crippen LogP) is 2.51. The summed E-state index contributed by atoms with van der Waals surface area (Å²) in [7, 11) is 0. The van der Waals surface area contributed by atoms with Gasteiger partial charge < -0.3 is 10.1 Å². The maximum atomic E-state index is 11.5. The lowest BCUT2D eigenvalue weighted by atomic mass is 9.90. The van der Waals surface area contributed by atoms with Gasteiger partial charge in [0.05, 0.1) is 12.6 Å². The third kappa shape index (κ3) is 3.10. The van der Waals surface area contributed by atoms with Gasteiger partial charge in [0.1, 0.15) is 0 Å². The van der Waals surface area contributed by atoms with Gasteiger partial charge in [0.25, 0.3) is 5.91 Å². The van der Waals surface area contributed by atoms with Crippen LogP contribution in [-0.2, 0) is 16.1 Å². The summed E-state index contributed by atoms with van der Waals surface area (Å²) >= 11 is 0. The molecule has 0 aromatic heterocycles. The summed E-state index contributed by atoms with van der Waals surface area (Å²) in [5.74, 6) is 0.651. The number of nitrogens with one attached hydrogen (secondary N) is 1. The van der Waals surface area contributed by atoms with Crippen LogP contribution in [0.1, 0.15) is 32.3 Å². The van der Waals surface area contributed by atoms with E-state index in [1.807, 2.05) is 30.3 Å². The number of hydrogen-bond acceptors (Lipinski definition) is 2. The Bertz CT molecular complexity index is 391. The van der Waals surface area contributed by atoms with Crippen LogP contribution in [0.4, 0.5) is 0 Å². The van der Waals surface area contributed by atoms with Crippen molar-refractivity contribution in [2.45, 2.75) is 45.4 Å². The number of benzene rings is 1. The highest BCUT2D eigenvalue weighted by atomic mass is 16.5. The van der Waals surface area contributed by atoms with Gasteiger partial charge in [-0.15, -0.1) is 0 Å². The Morgan fingerprint density at radius 3 is 2.67 bits per heavy atom. The molecule has 3 heteroatoms. The highest BCUT2D eigenvalue weighted by Gasteiger charge is 2.40. The summed E-state index contributed by atoms with van der Waals surface area (Å²) < 4.78 is 5.72. The summed E-state index contributed by atoms with van der Waals surface area (Å²) in [5, 5.41) is 2.93. The van der Waals surface area contributed by atoms with E-state index in [-0.39, 0.29) is 18.1 Å². The fraction of sp³-hybridized carbons (Fsp3) is 0.533. The third-order valence-corrected chi connectivity index (χ3v) is 3.58. The molecule has 0 radical (unpaired) electrons. The molecule has 1 amide bonds. The molecule has 0 bridgehead atoms. The molecule has 1 unspecified atom stereocenters. The lowest BCUT2D eigenvalue weighted by Crippen LogP contribution is -2.63. The van der Waals surface area contributed by atoms with Crippen molar-refractivity contribution in [1.82, 2.24) is 5.32 Å². The molecule has 1 aliphatic heterocycles. The lowest BCUT2D eigenvalue weighted by Gasteiger charge is -2.37. The molecule has 18 heavy (non-hydrogen) atoms. The standard InChI is InChI=1S/C15H21NO2/c1-3-11(2)9-13-14(15(17)16-13)18-10-12-7-5-4-6-8-12/h4-8,11,13-14H,3,9-10H2,1-2H3,(H,16,17)/t11?,13-,14+/m0/s1. The average molecular weight is 247 g/mol. The van der Waals surface area contributed by atoms with Crippen LogP contribution in [0.3, 0.4) is 0 Å². The van der Waals surface area contributed by atoms with E-state index >= 15 is 0 Å². The van der Waals surface area contributed by atoms with Crippen LogP contribution < -0.4 is 5.32 Å². The molecule has 1 fully saturated rings. The van der Waals surface area contributed by atoms with Crippen LogP contribution in [0, 0.1) is 5.92 Å². The fourth-order valence-corrected chi connectivity index (χ4v) is 2.16. The Morgan fingerprint density at radius 1 is 1.33 bits per heavy atom. The highest BCUT2D eigenvalue weighted by molar-refractivity contribution is 5.88. The van der Waals surface area contributed by atoms with Gasteiger partial charge in [0, 0.05) is 0 Å². The first-order valence-corrected chi connectivity index (χ1v) is 6.66. The second-order valence-electron chi connectivity index (χ2n) is 5.08. The molecule has 1 saturated heterocycles. The molecule has 1 aromatic carbocycles. The number of β-lactam (4-membered cyclic amide) rings is 1. The van der Waals surface area contributed by atoms with E-state index < -0.39 is 0 Å². The summed E-state index contributed by atoms with van der Waals surface area (Å²) in [4.78, 5) is 11.5. The van der Waals surface area contributed by atoms with Gasteiger partial charge in [-0.1, -0.05) is 50.6 Å². The first-order valence-electron chi connectivity index (χ1n) is 6.66. The molecular formula is C15H21NO2. The van der Waals surface area contributed by atoms with E-state index in [0.717, 1.165) is 18.4 Å². The van der Waals surface area contributed by atoms with Crippen molar-refractivity contribution in [3.8, 4) is 0 Å². The molecule has 1 N–H and O–H groups in total. The molecule has 0 saturated carbocycles. The molecule has 3 atom stereocenters. The molecule has 98 valence electrons. The van der Waals surface area contributed by atoms with Crippen molar-refractivity contribution in [3.63, 3.8) is 0 Å². The minimum Gasteiger partial charge on any atom is -0.362 e. The Labute approximate surface area is 109 Å². The number of carbonyl (C=O) groups excluding carboxylic acids is 1. The Kier molecular flexibility index (Phi) is 4.37. The van der Waals surface area contributed by atoms with E-state index in [1.165, 1.54) is 0 Å². The van der Waals surface area contributed by atoms with E-state index in [2.05, 4.69) is 19.2 Å². The quantitative estimate of drug-likeness (QED) is 0.784. The van der Waals surface area contributed by atoms with Crippen molar-refractivity contribution in [2.75, 3.05) is 0 Å². The maximum absolute atomic E-state index is 11.5. The first-order chi connectivity index (χ1) is 8.70. The molecule has 1 heterocycles. The third-order valence-electron chi connectivity index (χ3n) is 3.58. The van der Waals surface area contributed by atoms with E-state index in [0.29, 0.717) is 12.5 Å². The van der Waals surface area contributed by atoms with Gasteiger partial charge in [-0.05, 0) is 17.9 Å². The predicted molar refractivity (Wildman–Crippen MR) is 71.0 cm³/mol. The summed E-state index contributed by atoms with van der Waals surface area (Å²) in [6, 6.07) is 10.2. The normalized spacial score (nSPS) is 24.2. The molecule has 2 rings (SSSR count). The minimum absolute atomic E-state index is 0.0271. The second-order valence-corrected chi connectivity index (χ2v) is 5.08. The largest absolute Gasteiger partial charge is 0.362 e. The molecule has 0 spiro atoms. The molecule has 0 aliphatic carbocycles. The van der Waals surface area contributed by atoms with Gasteiger partial charge in [0.2, 0.25) is 0 Å². The summed E-state index contributed by atoms with van der Waals surface area (Å²) in [6.07, 6.45) is 1.87. The van der Waals surface area contributed by atoms with Crippen LogP contribution >= 0.6 is 0 Å². The van der Waals surface area contributed by atoms with Gasteiger partial charge in [-0.3, -0.25) is 4.79 Å². The van der Waals surface area contributed by atoms with Crippen LogP contribution in [0.15, 0.2) is 30.3 Å². The van der Waals surface area contributed by atoms with Gasteiger partial charge >= 0.3 is 0 Å². The zero-order chi connectivity index (χ0) is 13.0. The Balaban J connectivity index is 1.82. The average Bonchev–Trinajstić information content (AvgIpc) is 2.39. The van der Waals surface area contributed by atoms with Crippen LogP contribution in [0.25, 0.3) is 0 Å². The lowest BCUT2D eigenvalue weighted by molar-refractivity contribution is -0.150. The van der Waals surface area contributed by atoms with Crippen molar-refractivity contribution < 1.29 is 9.53 Å². The van der Waals surface area contributed by atoms with Gasteiger partial charge in [-0.25, -0.2) is 0 Å². The smallest absolute Gasteiger partial charge is 0.251 e. The zero-order valence-electron chi connectivity index (χ0n) is 11.1. The van der Waals surface area contributed by atoms with Crippen LogP contribution in [0.5, 0.6) is 0 Å². The van der Waals surface area contributed by atoms with Gasteiger partial charge in [0.15, 0.2) is 6.10 Å². The topological polar surface area (TPSA) is 38.3 Å². The number of hydrogen-bond donors (Lipinski definition) is 1. The van der Waals surface area contributed by atoms with Crippen molar-refractivity contribution in [2.24, 2.45) is 5.92 Å².